The third kappa shape index (κ3) is 3.97. The van der Waals surface area contributed by atoms with Gasteiger partial charge < -0.3 is 5.32 Å². The van der Waals surface area contributed by atoms with Crippen LogP contribution in [0.2, 0.25) is 0 Å². The van der Waals surface area contributed by atoms with Gasteiger partial charge in [-0.05, 0) is 31.7 Å². The number of hydrogen-bond donors (Lipinski definition) is 1. The van der Waals surface area contributed by atoms with Crippen LogP contribution in [0.3, 0.4) is 0 Å². The van der Waals surface area contributed by atoms with Crippen LogP contribution < -0.4 is 5.32 Å². The van der Waals surface area contributed by atoms with E-state index in [1.165, 1.54) is 0 Å². The van der Waals surface area contributed by atoms with Crippen molar-refractivity contribution in [3.8, 4) is 0 Å². The van der Waals surface area contributed by atoms with Gasteiger partial charge in [-0.25, -0.2) is 21.1 Å². The van der Waals surface area contributed by atoms with E-state index >= 15 is 0 Å². The van der Waals surface area contributed by atoms with Gasteiger partial charge in [-0.1, -0.05) is 13.8 Å². The van der Waals surface area contributed by atoms with E-state index in [1.807, 2.05) is 0 Å². The van der Waals surface area contributed by atoms with Crippen molar-refractivity contribution in [2.75, 3.05) is 31.1 Å². The highest BCUT2D eigenvalue weighted by Gasteiger charge is 2.39. The van der Waals surface area contributed by atoms with Crippen LogP contribution in [0.15, 0.2) is 0 Å². The maximum atomic E-state index is 12.7. The zero-order valence-electron chi connectivity index (χ0n) is 12.8. The molecule has 2 unspecified atom stereocenters. The molecule has 0 bridgehead atoms. The Balaban J connectivity index is 2.01. The normalized spacial score (nSPS) is 32.1. The second-order valence-electron chi connectivity index (χ2n) is 6.18. The van der Waals surface area contributed by atoms with E-state index in [4.69, 9.17) is 0 Å². The van der Waals surface area contributed by atoms with Crippen LogP contribution in [0.1, 0.15) is 33.1 Å². The molecular formula is C13H26N2O4S2. The van der Waals surface area contributed by atoms with Crippen LogP contribution in [0.5, 0.6) is 0 Å². The van der Waals surface area contributed by atoms with Crippen molar-refractivity contribution < 1.29 is 16.8 Å². The summed E-state index contributed by atoms with van der Waals surface area (Å²) in [7, 11) is -6.39. The smallest absolute Gasteiger partial charge is 0.217 e. The molecule has 2 aliphatic rings. The molecule has 2 atom stereocenters. The Morgan fingerprint density at radius 2 is 1.81 bits per heavy atom. The molecule has 2 saturated heterocycles. The molecule has 0 aromatic carbocycles. The summed E-state index contributed by atoms with van der Waals surface area (Å²) in [4.78, 5) is 0. The van der Waals surface area contributed by atoms with E-state index in [1.54, 1.807) is 4.31 Å². The van der Waals surface area contributed by atoms with Crippen molar-refractivity contribution in [2.45, 2.75) is 44.4 Å². The molecule has 0 spiro atoms. The summed E-state index contributed by atoms with van der Waals surface area (Å²) in [6, 6.07) is 0.369. The summed E-state index contributed by atoms with van der Waals surface area (Å²) < 4.78 is 49.8. The van der Waals surface area contributed by atoms with Gasteiger partial charge >= 0.3 is 0 Å². The molecule has 124 valence electrons. The molecule has 0 aliphatic carbocycles. The first-order chi connectivity index (χ1) is 9.76. The first-order valence-corrected chi connectivity index (χ1v) is 11.0. The van der Waals surface area contributed by atoms with Gasteiger partial charge in [-0.2, -0.15) is 0 Å². The number of sulfone groups is 1. The molecule has 0 radical (unpaired) electrons. The molecule has 2 rings (SSSR count). The number of hydrogen-bond acceptors (Lipinski definition) is 5. The maximum absolute atomic E-state index is 12.7. The number of rotatable bonds is 4. The SMILES string of the molecule is CCNC1CCN(S(=O)(=O)C2CCS(=O)(=O)CC2)CC1C. The summed E-state index contributed by atoms with van der Waals surface area (Å²) in [5.41, 5.74) is 0. The third-order valence-corrected chi connectivity index (χ3v) is 8.70. The summed E-state index contributed by atoms with van der Waals surface area (Å²) in [6.45, 7) is 6.08. The molecule has 1 N–H and O–H groups in total. The fourth-order valence-corrected chi connectivity index (χ4v) is 7.13. The van der Waals surface area contributed by atoms with E-state index in [9.17, 15) is 16.8 Å². The van der Waals surface area contributed by atoms with Gasteiger partial charge in [0.05, 0.1) is 16.8 Å². The van der Waals surface area contributed by atoms with Gasteiger partial charge in [0.2, 0.25) is 10.0 Å². The summed E-state index contributed by atoms with van der Waals surface area (Å²) in [5.74, 6) is 0.279. The van der Waals surface area contributed by atoms with Crippen molar-refractivity contribution in [2.24, 2.45) is 5.92 Å². The standard InChI is InChI=1S/C13H26N2O4S2/c1-3-14-13-4-7-15(10-11(13)2)21(18,19)12-5-8-20(16,17)9-6-12/h11-14H,3-10H2,1-2H3. The first kappa shape index (κ1) is 17.2. The summed E-state index contributed by atoms with van der Waals surface area (Å²) in [5, 5.41) is 2.87. The predicted octanol–water partition coefficient (Wildman–Crippen LogP) is 0.213. The Morgan fingerprint density at radius 1 is 1.19 bits per heavy atom. The molecule has 0 saturated carbocycles. The Labute approximate surface area is 128 Å². The first-order valence-electron chi connectivity index (χ1n) is 7.69. The molecule has 6 nitrogen and oxygen atoms in total. The van der Waals surface area contributed by atoms with Gasteiger partial charge in [0.1, 0.15) is 9.84 Å². The lowest BCUT2D eigenvalue weighted by molar-refractivity contribution is 0.220. The van der Waals surface area contributed by atoms with Crippen LogP contribution in [0.4, 0.5) is 0 Å². The van der Waals surface area contributed by atoms with E-state index in [0.717, 1.165) is 13.0 Å². The van der Waals surface area contributed by atoms with Crippen molar-refractivity contribution in [1.29, 1.82) is 0 Å². The number of nitrogens with one attached hydrogen (secondary N) is 1. The minimum absolute atomic E-state index is 0.000303. The van der Waals surface area contributed by atoms with E-state index in [-0.39, 0.29) is 30.3 Å². The zero-order chi connectivity index (χ0) is 15.7. The monoisotopic (exact) mass is 338 g/mol. The van der Waals surface area contributed by atoms with Gasteiger partial charge in [0.15, 0.2) is 0 Å². The lowest BCUT2D eigenvalue weighted by Gasteiger charge is -2.38. The van der Waals surface area contributed by atoms with E-state index in [0.29, 0.717) is 19.1 Å². The summed E-state index contributed by atoms with van der Waals surface area (Å²) in [6.07, 6.45) is 1.30. The quantitative estimate of drug-likeness (QED) is 0.792. The minimum Gasteiger partial charge on any atom is -0.314 e. The van der Waals surface area contributed by atoms with Crippen LogP contribution in [0, 0.1) is 5.92 Å². The Bertz CT molecular complexity index is 545. The topological polar surface area (TPSA) is 83.6 Å². The zero-order valence-corrected chi connectivity index (χ0v) is 14.4. The van der Waals surface area contributed by atoms with Crippen LogP contribution >= 0.6 is 0 Å². The number of sulfonamides is 1. The predicted molar refractivity (Wildman–Crippen MR) is 83.4 cm³/mol. The highest BCUT2D eigenvalue weighted by atomic mass is 32.2. The van der Waals surface area contributed by atoms with Gasteiger partial charge in [0, 0.05) is 19.1 Å². The highest BCUT2D eigenvalue weighted by Crippen LogP contribution is 2.26. The lowest BCUT2D eigenvalue weighted by atomic mass is 9.95. The van der Waals surface area contributed by atoms with E-state index < -0.39 is 25.1 Å². The minimum atomic E-state index is -3.37. The summed E-state index contributed by atoms with van der Waals surface area (Å²) >= 11 is 0. The maximum Gasteiger partial charge on any atom is 0.217 e. The molecule has 0 aromatic heterocycles. The second-order valence-corrected chi connectivity index (χ2v) is 10.7. The fourth-order valence-electron chi connectivity index (χ4n) is 3.28. The highest BCUT2D eigenvalue weighted by molar-refractivity contribution is 7.92. The molecule has 2 aliphatic heterocycles. The molecule has 2 heterocycles. The molecule has 2 fully saturated rings. The van der Waals surface area contributed by atoms with Crippen molar-refractivity contribution in [3.05, 3.63) is 0 Å². The third-order valence-electron chi connectivity index (χ3n) is 4.62. The molecular weight excluding hydrogens is 312 g/mol. The second kappa shape index (κ2) is 6.52. The largest absolute Gasteiger partial charge is 0.314 e. The molecule has 0 amide bonds. The van der Waals surface area contributed by atoms with Crippen LogP contribution in [0.25, 0.3) is 0 Å². The van der Waals surface area contributed by atoms with Crippen molar-refractivity contribution >= 4 is 19.9 Å². The van der Waals surface area contributed by atoms with Crippen LogP contribution in [-0.2, 0) is 19.9 Å². The fraction of sp³-hybridized carbons (Fsp3) is 1.00. The average Bonchev–Trinajstić information content (AvgIpc) is 2.40. The van der Waals surface area contributed by atoms with Gasteiger partial charge in [0.25, 0.3) is 0 Å². The molecule has 0 aromatic rings. The molecule has 8 heteroatoms. The van der Waals surface area contributed by atoms with Crippen molar-refractivity contribution in [3.63, 3.8) is 0 Å². The Kier molecular flexibility index (Phi) is 5.33. The van der Waals surface area contributed by atoms with Crippen molar-refractivity contribution in [1.82, 2.24) is 9.62 Å². The Morgan fingerprint density at radius 3 is 2.33 bits per heavy atom. The Hall–Kier alpha value is -0.180. The van der Waals surface area contributed by atoms with Gasteiger partial charge in [-0.15, -0.1) is 0 Å². The number of piperidine rings is 1. The average molecular weight is 338 g/mol. The van der Waals surface area contributed by atoms with Crippen LogP contribution in [-0.4, -0.2) is 63.6 Å². The lowest BCUT2D eigenvalue weighted by Crippen LogP contribution is -2.52. The van der Waals surface area contributed by atoms with Gasteiger partial charge in [-0.3, -0.25) is 0 Å². The van der Waals surface area contributed by atoms with E-state index in [2.05, 4.69) is 19.2 Å². The number of nitrogens with zero attached hydrogens (tertiary/aromatic N) is 1. The molecule has 21 heavy (non-hydrogen) atoms.